The average Bonchev–Trinajstić information content (AvgIpc) is 3.01. The van der Waals surface area contributed by atoms with Crippen molar-refractivity contribution < 1.29 is 0 Å². The van der Waals surface area contributed by atoms with Crippen LogP contribution in [0.25, 0.3) is 10.2 Å². The van der Waals surface area contributed by atoms with Gasteiger partial charge in [-0.15, -0.1) is 21.5 Å². The number of aromatic amines is 1. The third kappa shape index (κ3) is 2.22. The molecule has 0 saturated heterocycles. The molecule has 0 aromatic carbocycles. The van der Waals surface area contributed by atoms with Crippen LogP contribution in [-0.2, 0) is 12.0 Å². The maximum Gasteiger partial charge on any atom is 0.271 e. The van der Waals surface area contributed by atoms with E-state index >= 15 is 0 Å². The van der Waals surface area contributed by atoms with Crippen LogP contribution >= 0.6 is 11.3 Å². The summed E-state index contributed by atoms with van der Waals surface area (Å²) in [6.45, 7) is 6.63. The average molecular weight is 290 g/mol. The van der Waals surface area contributed by atoms with E-state index in [9.17, 15) is 4.79 Å². The van der Waals surface area contributed by atoms with Crippen molar-refractivity contribution >= 4 is 21.6 Å². The number of rotatable bonds is 2. The quantitative estimate of drug-likeness (QED) is 0.768. The monoisotopic (exact) mass is 290 g/mol. The maximum atomic E-state index is 12.4. The molecule has 0 saturated carbocycles. The molecule has 0 aliphatic heterocycles. The van der Waals surface area contributed by atoms with E-state index in [4.69, 9.17) is 0 Å². The van der Waals surface area contributed by atoms with Crippen LogP contribution in [-0.4, -0.2) is 30.2 Å². The van der Waals surface area contributed by atoms with Gasteiger partial charge in [0.15, 0.2) is 5.82 Å². The Labute approximate surface area is 118 Å². The Hall–Kier alpha value is -2.09. The van der Waals surface area contributed by atoms with E-state index in [0.29, 0.717) is 10.5 Å². The molecule has 0 bridgehead atoms. The molecule has 104 valence electrons. The Morgan fingerprint density at radius 3 is 2.85 bits per heavy atom. The zero-order valence-electron chi connectivity index (χ0n) is 11.4. The van der Waals surface area contributed by atoms with Crippen LogP contribution in [0.5, 0.6) is 0 Å². The summed E-state index contributed by atoms with van der Waals surface area (Å²) in [6, 6.07) is 1.99. The van der Waals surface area contributed by atoms with Crippen LogP contribution in [0.3, 0.4) is 0 Å². The number of H-pyrrole nitrogens is 1. The molecule has 1 N–H and O–H groups in total. The van der Waals surface area contributed by atoms with Crippen molar-refractivity contribution in [1.82, 2.24) is 30.2 Å². The summed E-state index contributed by atoms with van der Waals surface area (Å²) in [5.74, 6) is 0.459. The lowest BCUT2D eigenvalue weighted by Crippen LogP contribution is -2.20. The normalized spacial score (nSPS) is 12.2. The third-order valence-electron chi connectivity index (χ3n) is 2.94. The lowest BCUT2D eigenvalue weighted by molar-refractivity contribution is 0.604. The molecule has 8 heteroatoms. The fourth-order valence-electron chi connectivity index (χ4n) is 1.83. The number of fused-ring (bicyclic) bond motifs is 1. The second-order valence-electron chi connectivity index (χ2n) is 5.58. The molecule has 0 aliphatic rings. The zero-order valence-corrected chi connectivity index (χ0v) is 12.2. The summed E-state index contributed by atoms with van der Waals surface area (Å²) in [7, 11) is 0. The zero-order chi connectivity index (χ0) is 14.3. The van der Waals surface area contributed by atoms with Crippen molar-refractivity contribution in [2.75, 3.05) is 0 Å². The molecule has 3 rings (SSSR count). The van der Waals surface area contributed by atoms with Gasteiger partial charge in [0.2, 0.25) is 0 Å². The van der Waals surface area contributed by atoms with Gasteiger partial charge in [-0.05, 0) is 11.5 Å². The summed E-state index contributed by atoms with van der Waals surface area (Å²) in [5, 5.41) is 13.5. The topological polar surface area (TPSA) is 89.3 Å². The highest BCUT2D eigenvalue weighted by atomic mass is 32.1. The molecule has 0 spiro atoms. The molecule has 0 atom stereocenters. The molecule has 3 aromatic heterocycles. The van der Waals surface area contributed by atoms with Gasteiger partial charge in [-0.2, -0.15) is 5.21 Å². The third-order valence-corrected chi connectivity index (χ3v) is 4.48. The summed E-state index contributed by atoms with van der Waals surface area (Å²) >= 11 is 1.50. The maximum absolute atomic E-state index is 12.4. The molecular weight excluding hydrogens is 276 g/mol. The van der Waals surface area contributed by atoms with Crippen molar-refractivity contribution in [3.63, 3.8) is 0 Å². The molecule has 3 heterocycles. The van der Waals surface area contributed by atoms with Gasteiger partial charge in [0.25, 0.3) is 5.56 Å². The van der Waals surface area contributed by atoms with Gasteiger partial charge in [0.05, 0.1) is 18.4 Å². The summed E-state index contributed by atoms with van der Waals surface area (Å²) in [4.78, 5) is 17.9. The second-order valence-corrected chi connectivity index (χ2v) is 6.63. The number of hydrogen-bond donors (Lipinski definition) is 1. The van der Waals surface area contributed by atoms with Crippen LogP contribution < -0.4 is 5.56 Å². The van der Waals surface area contributed by atoms with Crippen LogP contribution in [0.1, 0.15) is 31.5 Å². The standard InChI is InChI=1S/C12H14N6OS/c1-12(2,3)8-4-7-10(20-8)11(19)18(6-13-7)5-9-14-16-17-15-9/h4,6H,5H2,1-3H3,(H,14,15,16,17). The minimum atomic E-state index is -0.0692. The molecule has 3 aromatic rings. The van der Waals surface area contributed by atoms with Crippen LogP contribution in [0, 0.1) is 0 Å². The van der Waals surface area contributed by atoms with Crippen molar-refractivity contribution in [1.29, 1.82) is 0 Å². The molecule has 7 nitrogen and oxygen atoms in total. The Balaban J connectivity index is 2.09. The number of tetrazole rings is 1. The molecule has 0 fully saturated rings. The first kappa shape index (κ1) is 12.9. The largest absolute Gasteiger partial charge is 0.290 e. The Morgan fingerprint density at radius 2 is 2.20 bits per heavy atom. The van der Waals surface area contributed by atoms with E-state index in [1.165, 1.54) is 22.2 Å². The Bertz CT molecular complexity index is 796. The molecule has 0 radical (unpaired) electrons. The number of aromatic nitrogens is 6. The number of thiophene rings is 1. The van der Waals surface area contributed by atoms with E-state index in [-0.39, 0.29) is 17.5 Å². The fourth-order valence-corrected chi connectivity index (χ4v) is 2.95. The molecule has 0 amide bonds. The van der Waals surface area contributed by atoms with Gasteiger partial charge >= 0.3 is 0 Å². The second kappa shape index (κ2) is 4.48. The van der Waals surface area contributed by atoms with Crippen molar-refractivity contribution in [3.8, 4) is 0 Å². The SMILES string of the molecule is CC(C)(C)c1cc2ncn(Cc3nn[nH]n3)c(=O)c2s1. The van der Waals surface area contributed by atoms with Gasteiger partial charge in [0, 0.05) is 4.88 Å². The minimum absolute atomic E-state index is 0.0102. The minimum Gasteiger partial charge on any atom is -0.290 e. The van der Waals surface area contributed by atoms with Crippen molar-refractivity contribution in [3.05, 3.63) is 33.4 Å². The molecule has 0 aliphatic carbocycles. The van der Waals surface area contributed by atoms with Crippen molar-refractivity contribution in [2.45, 2.75) is 32.7 Å². The first-order chi connectivity index (χ1) is 9.45. The van der Waals surface area contributed by atoms with Gasteiger partial charge < -0.3 is 0 Å². The van der Waals surface area contributed by atoms with Crippen LogP contribution in [0.2, 0.25) is 0 Å². The first-order valence-electron chi connectivity index (χ1n) is 6.17. The van der Waals surface area contributed by atoms with Crippen LogP contribution in [0.15, 0.2) is 17.2 Å². The van der Waals surface area contributed by atoms with Crippen molar-refractivity contribution in [2.24, 2.45) is 0 Å². The Kier molecular flexibility index (Phi) is 2.89. The molecule has 0 unspecified atom stereocenters. The van der Waals surface area contributed by atoms with Gasteiger partial charge in [0.1, 0.15) is 4.70 Å². The molecule has 20 heavy (non-hydrogen) atoms. The molecular formula is C12H14N6OS. The smallest absolute Gasteiger partial charge is 0.271 e. The van der Waals surface area contributed by atoms with Gasteiger partial charge in [-0.1, -0.05) is 26.0 Å². The van der Waals surface area contributed by atoms with E-state index in [2.05, 4.69) is 46.4 Å². The van der Waals surface area contributed by atoms with E-state index in [0.717, 1.165) is 10.4 Å². The predicted molar refractivity (Wildman–Crippen MR) is 75.9 cm³/mol. The predicted octanol–water partition coefficient (Wildman–Crippen LogP) is 1.32. The lowest BCUT2D eigenvalue weighted by Gasteiger charge is -2.14. The number of nitrogens with zero attached hydrogens (tertiary/aromatic N) is 5. The lowest BCUT2D eigenvalue weighted by atomic mass is 9.95. The van der Waals surface area contributed by atoms with E-state index in [1.807, 2.05) is 6.07 Å². The highest BCUT2D eigenvalue weighted by Gasteiger charge is 2.19. The number of nitrogens with one attached hydrogen (secondary N) is 1. The Morgan fingerprint density at radius 1 is 1.40 bits per heavy atom. The fraction of sp³-hybridized carbons (Fsp3) is 0.417. The highest BCUT2D eigenvalue weighted by molar-refractivity contribution is 7.19. The number of hydrogen-bond acceptors (Lipinski definition) is 6. The van der Waals surface area contributed by atoms with E-state index < -0.39 is 0 Å². The summed E-state index contributed by atoms with van der Waals surface area (Å²) < 4.78 is 2.16. The van der Waals surface area contributed by atoms with Gasteiger partial charge in [-0.3, -0.25) is 9.36 Å². The van der Waals surface area contributed by atoms with Crippen LogP contribution in [0.4, 0.5) is 0 Å². The summed E-state index contributed by atoms with van der Waals surface area (Å²) in [5.41, 5.74) is 0.686. The van der Waals surface area contributed by atoms with E-state index in [1.54, 1.807) is 0 Å². The van der Waals surface area contributed by atoms with Gasteiger partial charge in [-0.25, -0.2) is 4.98 Å². The highest BCUT2D eigenvalue weighted by Crippen LogP contribution is 2.31. The summed E-state index contributed by atoms with van der Waals surface area (Å²) in [6.07, 6.45) is 1.53. The first-order valence-corrected chi connectivity index (χ1v) is 6.98.